The van der Waals surface area contributed by atoms with Gasteiger partial charge >= 0.3 is 6.03 Å². The third kappa shape index (κ3) is 7.74. The molecule has 2 aliphatic heterocycles. The number of benzene rings is 2. The predicted octanol–water partition coefficient (Wildman–Crippen LogP) is 1.48. The number of aliphatic hydroxyl groups is 1. The molecule has 2 saturated heterocycles. The summed E-state index contributed by atoms with van der Waals surface area (Å²) in [4.78, 5) is 44.3. The molecular formula is C31H38N6O5. The number of terminal acetylenes is 1. The number of rotatable bonds is 13. The van der Waals surface area contributed by atoms with Gasteiger partial charge in [-0.3, -0.25) is 14.9 Å². The SMILES string of the molecule is C#CCN1CC(=O)N2[C@@H](CCCNC(O)OCC=C)C(=O)N(Cc3ccccc3)C[C@@H]2N1C(=O)NCc1ccccc1. The van der Waals surface area contributed by atoms with E-state index >= 15 is 0 Å². The molecule has 0 radical (unpaired) electrons. The molecule has 11 nitrogen and oxygen atoms in total. The normalized spacial score (nSPS) is 19.7. The van der Waals surface area contributed by atoms with E-state index in [1.807, 2.05) is 60.7 Å². The van der Waals surface area contributed by atoms with E-state index in [1.165, 1.54) is 16.0 Å². The van der Waals surface area contributed by atoms with Gasteiger partial charge in [-0.05, 0) is 30.5 Å². The van der Waals surface area contributed by atoms with Crippen molar-refractivity contribution in [2.45, 2.75) is 44.6 Å². The van der Waals surface area contributed by atoms with Gasteiger partial charge in [0.25, 0.3) is 0 Å². The minimum absolute atomic E-state index is 0.0542. The third-order valence-electron chi connectivity index (χ3n) is 7.16. The van der Waals surface area contributed by atoms with Gasteiger partial charge in [-0.1, -0.05) is 72.7 Å². The molecule has 0 saturated carbocycles. The number of nitrogens with zero attached hydrogens (tertiary/aromatic N) is 4. The van der Waals surface area contributed by atoms with Crippen molar-refractivity contribution in [3.63, 3.8) is 0 Å². The van der Waals surface area contributed by atoms with Crippen LogP contribution in [0.2, 0.25) is 0 Å². The van der Waals surface area contributed by atoms with Crippen molar-refractivity contribution in [3.05, 3.63) is 84.4 Å². The van der Waals surface area contributed by atoms with Crippen molar-refractivity contribution in [1.82, 2.24) is 30.5 Å². The highest BCUT2D eigenvalue weighted by Crippen LogP contribution is 2.29. The van der Waals surface area contributed by atoms with Gasteiger partial charge < -0.3 is 25.0 Å². The van der Waals surface area contributed by atoms with Crippen LogP contribution in [0, 0.1) is 12.3 Å². The number of ether oxygens (including phenoxy) is 1. The van der Waals surface area contributed by atoms with Gasteiger partial charge in [-0.15, -0.1) is 13.0 Å². The van der Waals surface area contributed by atoms with E-state index in [0.717, 1.165) is 11.1 Å². The van der Waals surface area contributed by atoms with E-state index in [0.29, 0.717) is 32.5 Å². The third-order valence-corrected chi connectivity index (χ3v) is 7.16. The van der Waals surface area contributed by atoms with Crippen LogP contribution in [-0.4, -0.2) is 94.2 Å². The summed E-state index contributed by atoms with van der Waals surface area (Å²) in [5.41, 5.74) is 1.86. The standard InChI is InChI=1S/C31H38N6O5/c1-3-18-35-23-28(38)36-26(16-11-17-32-31(41)42-19-4-2)29(39)34(21-25-14-9-6-10-15-25)22-27(36)37(35)30(40)33-20-24-12-7-5-8-13-24/h1,4-10,12-15,26-27,31-32,41H,2,11,16-23H2,(H,33,40)/t26-,27-,31?/m0/s1. The minimum atomic E-state index is -1.18. The molecule has 3 atom stereocenters. The Morgan fingerprint density at radius 3 is 2.50 bits per heavy atom. The molecule has 0 aromatic heterocycles. The van der Waals surface area contributed by atoms with Crippen LogP contribution >= 0.6 is 0 Å². The molecule has 0 spiro atoms. The quantitative estimate of drug-likeness (QED) is 0.144. The van der Waals surface area contributed by atoms with Crippen LogP contribution in [0.15, 0.2) is 73.3 Å². The number of amides is 4. The maximum atomic E-state index is 13.9. The summed E-state index contributed by atoms with van der Waals surface area (Å²) in [7, 11) is 0. The van der Waals surface area contributed by atoms with E-state index in [1.54, 1.807) is 9.91 Å². The highest BCUT2D eigenvalue weighted by atomic mass is 16.6. The Balaban J connectivity index is 1.57. The van der Waals surface area contributed by atoms with Crippen LogP contribution in [0.1, 0.15) is 24.0 Å². The molecule has 3 N–H and O–H groups in total. The topological polar surface area (TPSA) is 118 Å². The largest absolute Gasteiger partial charge is 0.356 e. The predicted molar refractivity (Wildman–Crippen MR) is 157 cm³/mol. The summed E-state index contributed by atoms with van der Waals surface area (Å²) < 4.78 is 5.13. The summed E-state index contributed by atoms with van der Waals surface area (Å²) in [6.07, 6.45) is 6.02. The second kappa shape index (κ2) is 15.1. The van der Waals surface area contributed by atoms with Crippen molar-refractivity contribution in [2.24, 2.45) is 0 Å². The average Bonchev–Trinajstić information content (AvgIpc) is 3.00. The highest BCUT2D eigenvalue weighted by Gasteiger charge is 2.51. The van der Waals surface area contributed by atoms with E-state index in [2.05, 4.69) is 23.1 Å². The van der Waals surface area contributed by atoms with E-state index in [4.69, 9.17) is 11.2 Å². The molecule has 1 unspecified atom stereocenters. The first-order valence-electron chi connectivity index (χ1n) is 14.0. The lowest BCUT2D eigenvalue weighted by molar-refractivity contribution is -0.189. The summed E-state index contributed by atoms with van der Waals surface area (Å²) in [5, 5.41) is 18.8. The summed E-state index contributed by atoms with van der Waals surface area (Å²) >= 11 is 0. The fraction of sp³-hybridized carbons (Fsp3) is 0.387. The molecule has 11 heteroatoms. The Morgan fingerprint density at radius 2 is 1.83 bits per heavy atom. The fourth-order valence-electron chi connectivity index (χ4n) is 5.25. The lowest BCUT2D eigenvalue weighted by atomic mass is 10.0. The summed E-state index contributed by atoms with van der Waals surface area (Å²) in [6, 6.07) is 17.9. The van der Waals surface area contributed by atoms with Gasteiger partial charge in [0.1, 0.15) is 12.2 Å². The Labute approximate surface area is 246 Å². The van der Waals surface area contributed by atoms with Crippen molar-refractivity contribution >= 4 is 17.8 Å². The molecule has 4 amide bonds. The van der Waals surface area contributed by atoms with Crippen LogP contribution in [0.3, 0.4) is 0 Å². The summed E-state index contributed by atoms with van der Waals surface area (Å²) in [5.74, 6) is 2.08. The highest BCUT2D eigenvalue weighted by molar-refractivity contribution is 5.91. The van der Waals surface area contributed by atoms with E-state index < -0.39 is 24.7 Å². The molecule has 0 aliphatic carbocycles. The molecule has 222 valence electrons. The van der Waals surface area contributed by atoms with Gasteiger partial charge in [0.05, 0.1) is 26.2 Å². The zero-order valence-corrected chi connectivity index (χ0v) is 23.6. The van der Waals surface area contributed by atoms with Crippen LogP contribution in [-0.2, 0) is 27.4 Å². The number of aliphatic hydroxyl groups excluding tert-OH is 1. The Bertz CT molecular complexity index is 1250. The molecule has 2 aromatic rings. The number of hydrogen-bond acceptors (Lipinski definition) is 7. The van der Waals surface area contributed by atoms with Gasteiger partial charge in [0, 0.05) is 13.1 Å². The van der Waals surface area contributed by atoms with Gasteiger partial charge in [0.15, 0.2) is 0 Å². The van der Waals surface area contributed by atoms with Gasteiger partial charge in [-0.2, -0.15) is 5.01 Å². The van der Waals surface area contributed by atoms with Crippen molar-refractivity contribution in [3.8, 4) is 12.3 Å². The minimum Gasteiger partial charge on any atom is -0.356 e. The second-order valence-corrected chi connectivity index (χ2v) is 10.1. The number of nitrogens with one attached hydrogen (secondary N) is 2. The fourth-order valence-corrected chi connectivity index (χ4v) is 5.25. The summed E-state index contributed by atoms with van der Waals surface area (Å²) in [6.45, 7) is 4.75. The molecule has 42 heavy (non-hydrogen) atoms. The van der Waals surface area contributed by atoms with Crippen LogP contribution in [0.5, 0.6) is 0 Å². The van der Waals surface area contributed by atoms with Gasteiger partial charge in [0.2, 0.25) is 18.2 Å². The lowest BCUT2D eigenvalue weighted by Crippen LogP contribution is -2.76. The molecule has 2 heterocycles. The maximum Gasteiger partial charge on any atom is 0.334 e. The van der Waals surface area contributed by atoms with Crippen molar-refractivity contribution < 1.29 is 24.2 Å². The smallest absolute Gasteiger partial charge is 0.334 e. The number of piperazine rings is 1. The first-order chi connectivity index (χ1) is 20.4. The number of urea groups is 1. The molecule has 4 rings (SSSR count). The number of hydrogen-bond donors (Lipinski definition) is 3. The number of hydrazine groups is 1. The van der Waals surface area contributed by atoms with Gasteiger partial charge in [-0.25, -0.2) is 9.80 Å². The number of carbonyl (C=O) groups is 3. The van der Waals surface area contributed by atoms with Crippen molar-refractivity contribution in [2.75, 3.05) is 32.8 Å². The van der Waals surface area contributed by atoms with Crippen molar-refractivity contribution in [1.29, 1.82) is 0 Å². The number of fused-ring (bicyclic) bond motifs is 1. The van der Waals surface area contributed by atoms with E-state index in [9.17, 15) is 19.5 Å². The molecular weight excluding hydrogens is 536 g/mol. The first-order valence-corrected chi connectivity index (χ1v) is 14.0. The van der Waals surface area contributed by atoms with Crippen LogP contribution < -0.4 is 10.6 Å². The second-order valence-electron chi connectivity index (χ2n) is 10.1. The lowest BCUT2D eigenvalue weighted by Gasteiger charge is -2.55. The molecule has 2 fully saturated rings. The zero-order valence-electron chi connectivity index (χ0n) is 23.6. The average molecular weight is 575 g/mol. The zero-order chi connectivity index (χ0) is 29.9. The monoisotopic (exact) mass is 574 g/mol. The Morgan fingerprint density at radius 1 is 1.14 bits per heavy atom. The van der Waals surface area contributed by atoms with E-state index in [-0.39, 0.29) is 38.1 Å². The first kappa shape index (κ1) is 30.7. The maximum absolute atomic E-state index is 13.9. The molecule has 0 bridgehead atoms. The number of carbonyl (C=O) groups excluding carboxylic acids is 3. The Hall–Kier alpha value is -4.21. The molecule has 2 aliphatic rings. The van der Waals surface area contributed by atoms with Crippen LogP contribution in [0.4, 0.5) is 4.79 Å². The van der Waals surface area contributed by atoms with Crippen LogP contribution in [0.25, 0.3) is 0 Å². The Kier molecular flexibility index (Phi) is 11.1. The molecule has 2 aromatic carbocycles.